The van der Waals surface area contributed by atoms with Crippen LogP contribution in [-0.2, 0) is 23.9 Å². The number of amides is 1. The number of carbonyl (C=O) groups is 1. The van der Waals surface area contributed by atoms with E-state index in [1.54, 1.807) is 24.3 Å². The molecule has 76 heavy (non-hydrogen) atoms. The maximum absolute atomic E-state index is 15.6. The fourth-order valence-electron chi connectivity index (χ4n) is 13.4. The molecule has 1 saturated carbocycles. The molecule has 0 aromatic heterocycles. The lowest BCUT2D eigenvalue weighted by atomic mass is 9.75. The Morgan fingerprint density at radius 3 is 2.18 bits per heavy atom. The predicted molar refractivity (Wildman–Crippen MR) is 301 cm³/mol. The molecule has 2 fully saturated rings. The number of hydrogen-bond acceptors (Lipinski definition) is 4. The van der Waals surface area contributed by atoms with Gasteiger partial charge in [0.15, 0.2) is 5.60 Å². The summed E-state index contributed by atoms with van der Waals surface area (Å²) in [5, 5.41) is 4.07. The molecule has 1 saturated heterocycles. The summed E-state index contributed by atoms with van der Waals surface area (Å²) in [5.41, 5.74) is 7.60. The molecular formula is C67H68F4N2O3. The Hall–Kier alpha value is -6.87. The van der Waals surface area contributed by atoms with Gasteiger partial charge >= 0.3 is 6.18 Å². The number of nitrogens with one attached hydrogen (secondary N) is 1. The Morgan fingerprint density at radius 2 is 1.50 bits per heavy atom. The molecule has 5 nitrogen and oxygen atoms in total. The molecule has 0 bridgehead atoms. The van der Waals surface area contributed by atoms with E-state index >= 15 is 17.6 Å². The maximum Gasteiger partial charge on any atom is 0.417 e. The molecule has 0 spiro atoms. The van der Waals surface area contributed by atoms with Crippen molar-refractivity contribution >= 4 is 34.1 Å². The standard InChI is InChI=1S/C67H68F4N2O3/c1-6-7-10-15-43-18-20-44(21-19-43)45-22-24-46(25-23-45)64(74)72-50-28-31-52(58(38-50)67(69,70)71)54-39-55-56(40-59(54)75-5)63-53(62-60(55)57-37-42(2)36-47(41-68)61(57)65(62,3)4)32-33-66(76-63,48-16-11-8-12-17-48)49-26-29-51(30-27-49)73-34-13-9-14-35-73/h8,11-12,16-17,22-33,36-40,43-44H,6-7,9-10,13-15,18-21,34-35,41H2,1-5H3,(H,72,74). The Kier molecular flexibility index (Phi) is 13.9. The highest BCUT2D eigenvalue weighted by molar-refractivity contribution is 6.11. The van der Waals surface area contributed by atoms with Crippen molar-refractivity contribution in [3.05, 3.63) is 183 Å². The van der Waals surface area contributed by atoms with Gasteiger partial charge in [0.2, 0.25) is 0 Å². The van der Waals surface area contributed by atoms with Gasteiger partial charge in [-0.1, -0.05) is 131 Å². The summed E-state index contributed by atoms with van der Waals surface area (Å²) in [6, 6.07) is 37.7. The van der Waals surface area contributed by atoms with E-state index < -0.39 is 35.3 Å². The predicted octanol–water partition coefficient (Wildman–Crippen LogP) is 18.1. The molecule has 11 rings (SSSR count). The van der Waals surface area contributed by atoms with Gasteiger partial charge in [-0.05, 0) is 163 Å². The number of rotatable bonds is 13. The summed E-state index contributed by atoms with van der Waals surface area (Å²) in [7, 11) is 1.46. The highest BCUT2D eigenvalue weighted by Gasteiger charge is 2.46. The third-order valence-electron chi connectivity index (χ3n) is 17.2. The van der Waals surface area contributed by atoms with E-state index in [2.05, 4.69) is 85.6 Å². The van der Waals surface area contributed by atoms with Crippen LogP contribution in [0.5, 0.6) is 11.5 Å². The molecule has 2 aliphatic heterocycles. The second-order valence-corrected chi connectivity index (χ2v) is 22.4. The molecule has 4 aliphatic rings. The van der Waals surface area contributed by atoms with Crippen molar-refractivity contribution in [3.63, 3.8) is 0 Å². The number of nitrogens with zero attached hydrogens (tertiary/aromatic N) is 1. The zero-order chi connectivity index (χ0) is 52.9. The first kappa shape index (κ1) is 51.2. The second-order valence-electron chi connectivity index (χ2n) is 22.4. The number of hydrogen-bond donors (Lipinski definition) is 1. The number of halogens is 4. The minimum absolute atomic E-state index is 0.0209. The molecule has 1 atom stereocenters. The minimum atomic E-state index is -4.82. The molecule has 7 aromatic carbocycles. The second kappa shape index (κ2) is 20.6. The van der Waals surface area contributed by atoms with Crippen LogP contribution in [0.4, 0.5) is 28.9 Å². The van der Waals surface area contributed by atoms with Gasteiger partial charge < -0.3 is 19.7 Å². The quantitative estimate of drug-likeness (QED) is 0.0924. The van der Waals surface area contributed by atoms with Gasteiger partial charge in [0, 0.05) is 63.1 Å². The molecule has 392 valence electrons. The van der Waals surface area contributed by atoms with Gasteiger partial charge in [0.05, 0.1) is 12.7 Å². The number of alkyl halides is 4. The summed E-state index contributed by atoms with van der Waals surface area (Å²) in [6.07, 6.45) is 12.8. The van der Waals surface area contributed by atoms with Crippen molar-refractivity contribution in [2.45, 2.75) is 128 Å². The average Bonchev–Trinajstić information content (AvgIpc) is 3.71. The van der Waals surface area contributed by atoms with Crippen molar-refractivity contribution in [2.75, 3.05) is 30.4 Å². The Bertz CT molecular complexity index is 3330. The number of ether oxygens (including phenoxy) is 2. The van der Waals surface area contributed by atoms with Crippen LogP contribution in [0.25, 0.3) is 39.1 Å². The van der Waals surface area contributed by atoms with Crippen LogP contribution in [0.2, 0.25) is 0 Å². The number of aryl methyl sites for hydroxylation is 1. The normalized spacial score (nSPS) is 19.7. The number of piperidine rings is 1. The van der Waals surface area contributed by atoms with Crippen LogP contribution in [-0.4, -0.2) is 26.1 Å². The lowest BCUT2D eigenvalue weighted by Crippen LogP contribution is -2.35. The highest BCUT2D eigenvalue weighted by atomic mass is 19.4. The van der Waals surface area contributed by atoms with E-state index in [9.17, 15) is 4.79 Å². The number of fused-ring (bicyclic) bond motifs is 8. The topological polar surface area (TPSA) is 50.8 Å². The molecule has 1 unspecified atom stereocenters. The summed E-state index contributed by atoms with van der Waals surface area (Å²) in [5.74, 6) is 1.50. The smallest absolute Gasteiger partial charge is 0.417 e. The van der Waals surface area contributed by atoms with Crippen LogP contribution in [0.3, 0.4) is 0 Å². The molecule has 9 heteroatoms. The highest BCUT2D eigenvalue weighted by Crippen LogP contribution is 2.60. The van der Waals surface area contributed by atoms with Gasteiger partial charge in [-0.15, -0.1) is 0 Å². The Balaban J connectivity index is 1.01. The zero-order valence-electron chi connectivity index (χ0n) is 44.4. The maximum atomic E-state index is 15.6. The van der Waals surface area contributed by atoms with Gasteiger partial charge in [0.1, 0.15) is 18.2 Å². The van der Waals surface area contributed by atoms with E-state index in [0.717, 1.165) is 101 Å². The van der Waals surface area contributed by atoms with Gasteiger partial charge in [-0.2, -0.15) is 13.2 Å². The first-order valence-corrected chi connectivity index (χ1v) is 27.6. The van der Waals surface area contributed by atoms with Gasteiger partial charge in [-0.3, -0.25) is 4.79 Å². The molecule has 1 amide bonds. The Morgan fingerprint density at radius 1 is 0.776 bits per heavy atom. The largest absolute Gasteiger partial charge is 0.496 e. The van der Waals surface area contributed by atoms with E-state index in [1.165, 1.54) is 69.8 Å². The molecule has 1 N–H and O–H groups in total. The number of methoxy groups -OCH3 is 1. The fraction of sp³-hybridized carbons (Fsp3) is 0.358. The summed E-state index contributed by atoms with van der Waals surface area (Å²) in [4.78, 5) is 16.2. The third-order valence-corrected chi connectivity index (χ3v) is 17.2. The average molecular weight is 1030 g/mol. The minimum Gasteiger partial charge on any atom is -0.496 e. The molecule has 0 radical (unpaired) electrons. The summed E-state index contributed by atoms with van der Waals surface area (Å²) < 4.78 is 75.9. The van der Waals surface area contributed by atoms with Gasteiger partial charge in [0.25, 0.3) is 5.91 Å². The van der Waals surface area contributed by atoms with E-state index in [0.29, 0.717) is 33.6 Å². The summed E-state index contributed by atoms with van der Waals surface area (Å²) >= 11 is 0. The van der Waals surface area contributed by atoms with Crippen molar-refractivity contribution in [3.8, 4) is 33.8 Å². The van der Waals surface area contributed by atoms with Crippen molar-refractivity contribution in [1.82, 2.24) is 0 Å². The van der Waals surface area contributed by atoms with Gasteiger partial charge in [-0.25, -0.2) is 4.39 Å². The van der Waals surface area contributed by atoms with Crippen molar-refractivity contribution in [2.24, 2.45) is 5.92 Å². The Labute approximate surface area is 445 Å². The first-order chi connectivity index (χ1) is 36.7. The lowest BCUT2D eigenvalue weighted by molar-refractivity contribution is -0.137. The van der Waals surface area contributed by atoms with Crippen molar-refractivity contribution < 1.29 is 31.8 Å². The van der Waals surface area contributed by atoms with Crippen LogP contribution < -0.4 is 19.7 Å². The molecule has 2 aliphatic carbocycles. The fourth-order valence-corrected chi connectivity index (χ4v) is 13.4. The van der Waals surface area contributed by atoms with Crippen LogP contribution in [0.1, 0.15) is 158 Å². The molecule has 2 heterocycles. The van der Waals surface area contributed by atoms with E-state index in [1.807, 2.05) is 43.3 Å². The number of carbonyl (C=O) groups excluding carboxylic acids is 1. The van der Waals surface area contributed by atoms with Crippen LogP contribution in [0, 0.1) is 12.8 Å². The van der Waals surface area contributed by atoms with E-state index in [4.69, 9.17) is 9.47 Å². The lowest BCUT2D eigenvalue weighted by Gasteiger charge is -2.39. The number of benzene rings is 7. The molecule has 7 aromatic rings. The van der Waals surface area contributed by atoms with E-state index in [-0.39, 0.29) is 22.6 Å². The zero-order valence-corrected chi connectivity index (χ0v) is 44.4. The number of unbranched alkanes of at least 4 members (excludes halogenated alkanes) is 2. The molecular weight excluding hydrogens is 957 g/mol. The third kappa shape index (κ3) is 9.25. The first-order valence-electron chi connectivity index (χ1n) is 27.6. The van der Waals surface area contributed by atoms with Crippen LogP contribution in [0.15, 0.2) is 127 Å². The van der Waals surface area contributed by atoms with Crippen molar-refractivity contribution in [1.29, 1.82) is 0 Å². The summed E-state index contributed by atoms with van der Waals surface area (Å²) in [6.45, 7) is 9.71. The monoisotopic (exact) mass is 1020 g/mol. The SMILES string of the molecule is CCCCCC1CCC(c2ccc(C(=O)Nc3ccc(-c4cc5c6c(c7c(c5cc4OC)OC(c4ccccc4)(c4ccc(N5CCCCC5)cc4)C=C7)C(C)(C)c4c(CF)cc(C)cc4-6)c(C(F)(F)F)c3)cc2)CC1. The number of anilines is 2. The van der Waals surface area contributed by atoms with Crippen LogP contribution >= 0.6 is 0 Å².